The number of amides is 1. The fraction of sp³-hybridized carbons (Fsp3) is 0.0556. The van der Waals surface area contributed by atoms with Crippen LogP contribution in [0.5, 0.6) is 0 Å². The number of hydrogen-bond acceptors (Lipinski definition) is 5. The van der Waals surface area contributed by atoms with Crippen LogP contribution < -0.4 is 5.32 Å². The van der Waals surface area contributed by atoms with E-state index >= 15 is 0 Å². The first-order valence-electron chi connectivity index (χ1n) is 7.71. The first-order valence-corrected chi connectivity index (χ1v) is 7.71. The zero-order valence-corrected chi connectivity index (χ0v) is 13.2. The number of carbonyl (C=O) groups is 1. The molecule has 0 unspecified atom stereocenters. The maximum atomic E-state index is 12.1. The molecule has 0 bridgehead atoms. The van der Waals surface area contributed by atoms with Crippen LogP contribution in [0.1, 0.15) is 0 Å². The van der Waals surface area contributed by atoms with Gasteiger partial charge in [0.1, 0.15) is 6.54 Å². The van der Waals surface area contributed by atoms with E-state index in [-0.39, 0.29) is 12.5 Å². The van der Waals surface area contributed by atoms with Crippen LogP contribution in [0.4, 0.5) is 5.82 Å². The van der Waals surface area contributed by atoms with Crippen molar-refractivity contribution in [3.63, 3.8) is 0 Å². The number of pyridine rings is 1. The second-order valence-electron chi connectivity index (χ2n) is 5.53. The van der Waals surface area contributed by atoms with Crippen LogP contribution in [-0.4, -0.2) is 30.6 Å². The van der Waals surface area contributed by atoms with Crippen LogP contribution in [0.15, 0.2) is 67.5 Å². The molecule has 0 aliphatic heterocycles. The molecular weight excluding hydrogens is 316 g/mol. The Morgan fingerprint density at radius 2 is 2.00 bits per heavy atom. The molecule has 4 rings (SSSR count). The Bertz CT molecular complexity index is 1010. The number of rotatable bonds is 4. The molecule has 0 aliphatic carbocycles. The summed E-state index contributed by atoms with van der Waals surface area (Å²) in [5.41, 5.74) is 2.82. The van der Waals surface area contributed by atoms with Gasteiger partial charge in [0.05, 0.1) is 11.8 Å². The first kappa shape index (κ1) is 14.9. The summed E-state index contributed by atoms with van der Waals surface area (Å²) in [5.74, 6) is 0.232. The van der Waals surface area contributed by atoms with Gasteiger partial charge in [0.15, 0.2) is 5.82 Å². The van der Waals surface area contributed by atoms with Gasteiger partial charge in [0.2, 0.25) is 5.91 Å². The van der Waals surface area contributed by atoms with Crippen LogP contribution in [0, 0.1) is 0 Å². The topological polar surface area (TPSA) is 85.6 Å². The molecule has 1 N–H and O–H groups in total. The van der Waals surface area contributed by atoms with E-state index in [4.69, 9.17) is 0 Å². The van der Waals surface area contributed by atoms with Gasteiger partial charge in [-0.3, -0.25) is 9.78 Å². The van der Waals surface area contributed by atoms with Gasteiger partial charge in [-0.15, -0.1) is 10.2 Å². The molecule has 122 valence electrons. The van der Waals surface area contributed by atoms with Crippen molar-refractivity contribution in [1.82, 2.24) is 24.7 Å². The van der Waals surface area contributed by atoms with Gasteiger partial charge in [-0.2, -0.15) is 0 Å². The third kappa shape index (κ3) is 3.35. The number of aromatic nitrogens is 5. The smallest absolute Gasteiger partial charge is 0.245 e. The molecule has 0 saturated carbocycles. The highest BCUT2D eigenvalue weighted by Gasteiger charge is 2.07. The summed E-state index contributed by atoms with van der Waals surface area (Å²) >= 11 is 0. The summed E-state index contributed by atoms with van der Waals surface area (Å²) in [6, 6.07) is 11.6. The number of carbonyl (C=O) groups excluding carboxylic acids is 1. The van der Waals surface area contributed by atoms with Crippen LogP contribution in [0.3, 0.4) is 0 Å². The standard InChI is InChI=1S/C18H14N6O/c25-18(11-24-7-6-20-12-24)21-17-9-15-8-13(3-4-16(15)22-23-17)14-2-1-5-19-10-14/h1-10,12H,11H2,(H,21,23,25). The van der Waals surface area contributed by atoms with Crippen molar-refractivity contribution >= 4 is 22.6 Å². The van der Waals surface area contributed by atoms with E-state index in [0.29, 0.717) is 5.82 Å². The van der Waals surface area contributed by atoms with Crippen molar-refractivity contribution in [2.75, 3.05) is 5.32 Å². The average molecular weight is 330 g/mol. The van der Waals surface area contributed by atoms with E-state index in [1.165, 1.54) is 0 Å². The van der Waals surface area contributed by atoms with Gasteiger partial charge >= 0.3 is 0 Å². The maximum Gasteiger partial charge on any atom is 0.245 e. The van der Waals surface area contributed by atoms with Crippen molar-refractivity contribution in [1.29, 1.82) is 0 Å². The van der Waals surface area contributed by atoms with Crippen LogP contribution in [-0.2, 0) is 11.3 Å². The number of nitrogens with zero attached hydrogens (tertiary/aromatic N) is 5. The molecule has 0 spiro atoms. The Morgan fingerprint density at radius 3 is 2.80 bits per heavy atom. The summed E-state index contributed by atoms with van der Waals surface area (Å²) in [6.45, 7) is 0.176. The molecule has 25 heavy (non-hydrogen) atoms. The molecule has 0 aliphatic rings. The molecule has 0 fully saturated rings. The molecule has 3 heterocycles. The zero-order chi connectivity index (χ0) is 17.1. The highest BCUT2D eigenvalue weighted by Crippen LogP contribution is 2.23. The minimum absolute atomic E-state index is 0.176. The normalized spacial score (nSPS) is 10.7. The quantitative estimate of drug-likeness (QED) is 0.621. The maximum absolute atomic E-state index is 12.1. The van der Waals surface area contributed by atoms with Crippen molar-refractivity contribution in [3.05, 3.63) is 67.5 Å². The average Bonchev–Trinajstić information content (AvgIpc) is 3.14. The fourth-order valence-electron chi connectivity index (χ4n) is 2.55. The minimum atomic E-state index is -0.185. The van der Waals surface area contributed by atoms with Gasteiger partial charge in [0.25, 0.3) is 0 Å². The number of anilines is 1. The summed E-state index contributed by atoms with van der Waals surface area (Å²) in [4.78, 5) is 20.1. The van der Waals surface area contributed by atoms with Crippen molar-refractivity contribution in [2.24, 2.45) is 0 Å². The van der Waals surface area contributed by atoms with Crippen LogP contribution >= 0.6 is 0 Å². The third-order valence-corrected chi connectivity index (χ3v) is 3.73. The van der Waals surface area contributed by atoms with Crippen molar-refractivity contribution in [2.45, 2.75) is 6.54 Å². The number of hydrogen-bond donors (Lipinski definition) is 1. The van der Waals surface area contributed by atoms with E-state index in [0.717, 1.165) is 22.0 Å². The van der Waals surface area contributed by atoms with Crippen molar-refractivity contribution < 1.29 is 4.79 Å². The van der Waals surface area contributed by atoms with Gasteiger partial charge in [-0.25, -0.2) is 4.98 Å². The van der Waals surface area contributed by atoms with Crippen molar-refractivity contribution in [3.8, 4) is 11.1 Å². The molecule has 1 aromatic carbocycles. The second kappa shape index (κ2) is 6.48. The van der Waals surface area contributed by atoms with Gasteiger partial charge in [-0.1, -0.05) is 12.1 Å². The zero-order valence-electron chi connectivity index (χ0n) is 13.2. The van der Waals surface area contributed by atoms with Crippen LogP contribution in [0.25, 0.3) is 22.0 Å². The van der Waals surface area contributed by atoms with E-state index in [1.54, 1.807) is 29.5 Å². The number of nitrogens with one attached hydrogen (secondary N) is 1. The molecule has 3 aromatic heterocycles. The lowest BCUT2D eigenvalue weighted by atomic mass is 10.1. The Balaban J connectivity index is 1.59. The lowest BCUT2D eigenvalue weighted by Gasteiger charge is -2.07. The third-order valence-electron chi connectivity index (χ3n) is 3.73. The molecule has 4 aromatic rings. The Hall–Kier alpha value is -3.61. The first-order chi connectivity index (χ1) is 12.3. The Labute approximate surface area is 143 Å². The number of imidazole rings is 1. The molecule has 7 heteroatoms. The van der Waals surface area contributed by atoms with E-state index in [2.05, 4.69) is 25.5 Å². The summed E-state index contributed by atoms with van der Waals surface area (Å²) in [5, 5.41) is 11.9. The monoisotopic (exact) mass is 330 g/mol. The van der Waals surface area contributed by atoms with Gasteiger partial charge in [-0.05, 0) is 29.8 Å². The number of benzene rings is 1. The van der Waals surface area contributed by atoms with E-state index in [9.17, 15) is 4.79 Å². The molecule has 1 amide bonds. The minimum Gasteiger partial charge on any atom is -0.328 e. The summed E-state index contributed by atoms with van der Waals surface area (Å²) < 4.78 is 1.68. The highest BCUT2D eigenvalue weighted by molar-refractivity contribution is 5.92. The lowest BCUT2D eigenvalue weighted by molar-refractivity contribution is -0.116. The van der Waals surface area contributed by atoms with Gasteiger partial charge < -0.3 is 9.88 Å². The SMILES string of the molecule is O=C(Cn1ccnc1)Nc1cc2cc(-c3cccnc3)ccc2nn1. The lowest BCUT2D eigenvalue weighted by Crippen LogP contribution is -2.18. The second-order valence-corrected chi connectivity index (χ2v) is 5.53. The van der Waals surface area contributed by atoms with E-state index < -0.39 is 0 Å². The van der Waals surface area contributed by atoms with E-state index in [1.807, 2.05) is 42.6 Å². The molecule has 7 nitrogen and oxygen atoms in total. The molecular formula is C18H14N6O. The summed E-state index contributed by atoms with van der Waals surface area (Å²) in [7, 11) is 0. The molecule has 0 saturated heterocycles. The Morgan fingerprint density at radius 1 is 1.04 bits per heavy atom. The predicted octanol–water partition coefficient (Wildman–Crippen LogP) is 2.53. The number of fused-ring (bicyclic) bond motifs is 1. The molecule has 0 atom stereocenters. The van der Waals surface area contributed by atoms with Crippen LogP contribution in [0.2, 0.25) is 0 Å². The highest BCUT2D eigenvalue weighted by atomic mass is 16.2. The predicted molar refractivity (Wildman–Crippen MR) is 93.6 cm³/mol. The fourth-order valence-corrected chi connectivity index (χ4v) is 2.55. The summed E-state index contributed by atoms with van der Waals surface area (Å²) in [6.07, 6.45) is 8.49. The molecule has 0 radical (unpaired) electrons. The largest absolute Gasteiger partial charge is 0.328 e. The van der Waals surface area contributed by atoms with Gasteiger partial charge in [0, 0.05) is 35.7 Å². The Kier molecular flexibility index (Phi) is 3.88.